The number of methoxy groups -OCH3 is 2. The third-order valence-corrected chi connectivity index (χ3v) is 7.43. The number of benzene rings is 1. The molecule has 1 amide bonds. The number of allylic oxidation sites excluding steroid dienone is 1. The molecule has 1 aromatic carbocycles. The van der Waals surface area contributed by atoms with E-state index in [1.54, 1.807) is 47.0 Å². The summed E-state index contributed by atoms with van der Waals surface area (Å²) in [7, 11) is 4.76. The van der Waals surface area contributed by atoms with Crippen LogP contribution in [0.15, 0.2) is 40.8 Å². The lowest BCUT2D eigenvalue weighted by atomic mass is 9.93. The number of carbonyl (C=O) groups excluding carboxylic acids is 1. The van der Waals surface area contributed by atoms with Crippen molar-refractivity contribution in [2.45, 2.75) is 27.3 Å². The van der Waals surface area contributed by atoms with E-state index in [9.17, 15) is 14.9 Å². The molecule has 3 aromatic rings. The summed E-state index contributed by atoms with van der Waals surface area (Å²) in [5.74, 6) is 1.05. The van der Waals surface area contributed by atoms with Crippen LogP contribution in [0.3, 0.4) is 0 Å². The molecule has 0 unspecified atom stereocenters. The highest BCUT2D eigenvalue weighted by atomic mass is 35.5. The van der Waals surface area contributed by atoms with Crippen molar-refractivity contribution >= 4 is 34.5 Å². The van der Waals surface area contributed by atoms with Crippen LogP contribution >= 0.6 is 11.6 Å². The lowest BCUT2D eigenvalue weighted by Gasteiger charge is -2.35. The van der Waals surface area contributed by atoms with Gasteiger partial charge in [0.25, 0.3) is 11.5 Å². The molecule has 3 heterocycles. The molecule has 4 rings (SSSR count). The Labute approximate surface area is 250 Å². The summed E-state index contributed by atoms with van der Waals surface area (Å²) in [6.45, 7) is 8.98. The van der Waals surface area contributed by atoms with E-state index < -0.39 is 0 Å². The lowest BCUT2D eigenvalue weighted by Crippen LogP contribution is -2.50. The number of anilines is 1. The maximum absolute atomic E-state index is 14.0. The molecule has 1 aliphatic rings. The lowest BCUT2D eigenvalue weighted by molar-refractivity contribution is -0.128. The number of hydrogen-bond acceptors (Lipinski definition) is 9. The minimum Gasteiger partial charge on any atom is -0.497 e. The van der Waals surface area contributed by atoms with E-state index in [1.807, 2.05) is 20.8 Å². The van der Waals surface area contributed by atoms with Gasteiger partial charge in [-0.05, 0) is 17.5 Å². The second-order valence-electron chi connectivity index (χ2n) is 11.1. The molecule has 42 heavy (non-hydrogen) atoms. The molecule has 0 spiro atoms. The summed E-state index contributed by atoms with van der Waals surface area (Å²) in [4.78, 5) is 39.8. The van der Waals surface area contributed by atoms with Crippen molar-refractivity contribution in [2.75, 3.05) is 59.3 Å². The minimum atomic E-state index is -0.274. The number of fused-ring (bicyclic) bond motifs is 1. The van der Waals surface area contributed by atoms with Gasteiger partial charge < -0.3 is 19.7 Å². The van der Waals surface area contributed by atoms with E-state index >= 15 is 0 Å². The number of piperazine rings is 1. The number of nitriles is 1. The van der Waals surface area contributed by atoms with Gasteiger partial charge in [0, 0.05) is 75.1 Å². The number of amides is 1. The van der Waals surface area contributed by atoms with E-state index in [-0.39, 0.29) is 22.5 Å². The smallest absolute Gasteiger partial charge is 0.264 e. The molecular formula is C30H36ClN7O4. The van der Waals surface area contributed by atoms with Crippen LogP contribution in [0.25, 0.3) is 22.2 Å². The first-order chi connectivity index (χ1) is 20.0. The molecule has 12 heteroatoms. The maximum atomic E-state index is 14.0. The number of halogens is 1. The van der Waals surface area contributed by atoms with Gasteiger partial charge in [0.05, 0.1) is 19.2 Å². The number of hydrogen-bond donors (Lipinski definition) is 1. The number of ether oxygens (including phenoxy) is 2. The minimum absolute atomic E-state index is 0.165. The van der Waals surface area contributed by atoms with Crippen molar-refractivity contribution in [1.82, 2.24) is 24.3 Å². The first-order valence-electron chi connectivity index (χ1n) is 13.6. The standard InChI is InChI=1S/C30H36ClN7O4/c1-30(2,3)16-20(17-32)27(39)37-10-7-36(8-11-37)9-12-38-26-19(18-34-29(33-4)35-26)13-23(28(38)40)22-14-21(41-5)15-24(42-6)25(22)31/h13-16,18H,7-12H2,1-6H3,(H,33,34,35)/b20-16+. The Hall–Kier alpha value is -4.14. The largest absolute Gasteiger partial charge is 0.497 e. The molecule has 0 atom stereocenters. The van der Waals surface area contributed by atoms with Gasteiger partial charge in [-0.1, -0.05) is 38.4 Å². The molecule has 1 aliphatic heterocycles. The molecule has 222 valence electrons. The molecule has 1 N–H and O–H groups in total. The van der Waals surface area contributed by atoms with Crippen LogP contribution in [0.4, 0.5) is 5.95 Å². The Kier molecular flexibility index (Phi) is 9.39. The number of nitrogens with zero attached hydrogens (tertiary/aromatic N) is 6. The fourth-order valence-electron chi connectivity index (χ4n) is 4.88. The van der Waals surface area contributed by atoms with Gasteiger partial charge in [-0.3, -0.25) is 19.1 Å². The highest BCUT2D eigenvalue weighted by Crippen LogP contribution is 2.38. The topological polar surface area (TPSA) is 126 Å². The van der Waals surface area contributed by atoms with Crippen molar-refractivity contribution in [3.05, 3.63) is 51.4 Å². The Morgan fingerprint density at radius 2 is 1.83 bits per heavy atom. The Morgan fingerprint density at radius 3 is 2.43 bits per heavy atom. The van der Waals surface area contributed by atoms with Crippen molar-refractivity contribution in [2.24, 2.45) is 5.41 Å². The molecule has 0 aliphatic carbocycles. The summed E-state index contributed by atoms with van der Waals surface area (Å²) in [6.07, 6.45) is 3.39. The van der Waals surface area contributed by atoms with Crippen LogP contribution in [0, 0.1) is 16.7 Å². The van der Waals surface area contributed by atoms with Crippen LogP contribution in [-0.4, -0.2) is 84.2 Å². The fourth-order valence-corrected chi connectivity index (χ4v) is 5.16. The second-order valence-corrected chi connectivity index (χ2v) is 11.5. The van der Waals surface area contributed by atoms with Crippen molar-refractivity contribution in [3.63, 3.8) is 0 Å². The van der Waals surface area contributed by atoms with Gasteiger partial charge in [-0.2, -0.15) is 10.2 Å². The quantitative estimate of drug-likeness (QED) is 0.306. The van der Waals surface area contributed by atoms with Gasteiger partial charge >= 0.3 is 0 Å². The summed E-state index contributed by atoms with van der Waals surface area (Å²) >= 11 is 6.67. The molecule has 1 saturated heterocycles. The average Bonchev–Trinajstić information content (AvgIpc) is 2.98. The van der Waals surface area contributed by atoms with Crippen molar-refractivity contribution < 1.29 is 14.3 Å². The second kappa shape index (κ2) is 12.8. The molecule has 1 fully saturated rings. The number of pyridine rings is 1. The SMILES string of the molecule is CNc1ncc2cc(-c3cc(OC)cc(OC)c3Cl)c(=O)n(CCN3CCN(C(=O)/C(C#N)=C/C(C)(C)C)CC3)c2n1. The van der Waals surface area contributed by atoms with E-state index in [0.29, 0.717) is 83.9 Å². The van der Waals surface area contributed by atoms with E-state index in [4.69, 9.17) is 21.1 Å². The Bertz CT molecular complexity index is 1610. The molecule has 0 saturated carbocycles. The zero-order valence-electron chi connectivity index (χ0n) is 24.8. The molecule has 0 radical (unpaired) electrons. The van der Waals surface area contributed by atoms with Crippen LogP contribution in [0.2, 0.25) is 5.02 Å². The fraction of sp³-hybridized carbons (Fsp3) is 0.433. The van der Waals surface area contributed by atoms with E-state index in [2.05, 4.69) is 26.3 Å². The van der Waals surface area contributed by atoms with Gasteiger partial charge in [-0.25, -0.2) is 4.98 Å². The van der Waals surface area contributed by atoms with Crippen LogP contribution < -0.4 is 20.3 Å². The first kappa shape index (κ1) is 30.8. The Balaban J connectivity index is 1.62. The molecular weight excluding hydrogens is 558 g/mol. The summed E-state index contributed by atoms with van der Waals surface area (Å²) < 4.78 is 12.5. The molecule has 11 nitrogen and oxygen atoms in total. The number of carbonyl (C=O) groups is 1. The number of nitrogens with one attached hydrogen (secondary N) is 1. The number of aromatic nitrogens is 3. The number of rotatable bonds is 8. The maximum Gasteiger partial charge on any atom is 0.264 e. The van der Waals surface area contributed by atoms with E-state index in [0.717, 1.165) is 0 Å². The molecule has 2 aromatic heterocycles. The first-order valence-corrected chi connectivity index (χ1v) is 14.0. The van der Waals surface area contributed by atoms with E-state index in [1.165, 1.54) is 14.2 Å². The van der Waals surface area contributed by atoms with Gasteiger partial charge in [0.1, 0.15) is 28.8 Å². The van der Waals surface area contributed by atoms with Crippen molar-refractivity contribution in [3.8, 4) is 28.7 Å². The highest BCUT2D eigenvalue weighted by Gasteiger charge is 2.25. The van der Waals surface area contributed by atoms with Crippen molar-refractivity contribution in [1.29, 1.82) is 5.26 Å². The normalized spacial score (nSPS) is 14.5. The zero-order valence-corrected chi connectivity index (χ0v) is 25.6. The Morgan fingerprint density at radius 1 is 1.12 bits per heavy atom. The highest BCUT2D eigenvalue weighted by molar-refractivity contribution is 6.35. The zero-order chi connectivity index (χ0) is 30.6. The van der Waals surface area contributed by atoms with Gasteiger partial charge in [-0.15, -0.1) is 0 Å². The monoisotopic (exact) mass is 593 g/mol. The predicted molar refractivity (Wildman–Crippen MR) is 163 cm³/mol. The van der Waals surface area contributed by atoms with Gasteiger partial charge in [0.2, 0.25) is 5.95 Å². The summed E-state index contributed by atoms with van der Waals surface area (Å²) in [5.41, 5.74) is 0.975. The third kappa shape index (κ3) is 6.66. The summed E-state index contributed by atoms with van der Waals surface area (Å²) in [6, 6.07) is 7.16. The van der Waals surface area contributed by atoms with Gasteiger partial charge in [0.15, 0.2) is 0 Å². The van der Waals surface area contributed by atoms with Crippen LogP contribution in [0.1, 0.15) is 20.8 Å². The summed E-state index contributed by atoms with van der Waals surface area (Å²) in [5, 5.41) is 13.4. The molecule has 0 bridgehead atoms. The third-order valence-electron chi connectivity index (χ3n) is 7.04. The van der Waals surface area contributed by atoms with Crippen LogP contribution in [0.5, 0.6) is 11.5 Å². The average molecular weight is 594 g/mol. The van der Waals surface area contributed by atoms with Crippen LogP contribution in [-0.2, 0) is 11.3 Å². The predicted octanol–water partition coefficient (Wildman–Crippen LogP) is 3.81.